The van der Waals surface area contributed by atoms with Gasteiger partial charge >= 0.3 is 0 Å². The molecule has 0 fully saturated rings. The van der Waals surface area contributed by atoms with Gasteiger partial charge in [-0.1, -0.05) is 13.8 Å². The average molecular weight is 302 g/mol. The van der Waals surface area contributed by atoms with Crippen molar-refractivity contribution in [2.45, 2.75) is 52.6 Å². The summed E-state index contributed by atoms with van der Waals surface area (Å²) in [4.78, 5) is 12.0. The maximum Gasteiger partial charge on any atom is 0.283 e. The van der Waals surface area contributed by atoms with Gasteiger partial charge in [0, 0.05) is 6.04 Å². The third kappa shape index (κ3) is 3.31. The Balaban J connectivity index is 3.04. The predicted octanol–water partition coefficient (Wildman–Crippen LogP) is 3.19. The monoisotopic (exact) mass is 301 g/mol. The van der Waals surface area contributed by atoms with Gasteiger partial charge in [0.25, 0.3) is 5.56 Å². The van der Waals surface area contributed by atoms with E-state index in [1.807, 2.05) is 13.8 Å². The minimum atomic E-state index is -0.0871. The number of aromatic nitrogens is 2. The Bertz CT molecular complexity index is 424. The molecule has 0 amide bonds. The normalized spacial score (nSPS) is 11.2. The van der Waals surface area contributed by atoms with Crippen LogP contribution in [0.15, 0.2) is 15.5 Å². The van der Waals surface area contributed by atoms with Gasteiger partial charge in [0.2, 0.25) is 0 Å². The van der Waals surface area contributed by atoms with Crippen LogP contribution in [0.2, 0.25) is 0 Å². The number of nitrogens with zero attached hydrogens (tertiary/aromatic N) is 2. The van der Waals surface area contributed by atoms with Gasteiger partial charge in [0.15, 0.2) is 0 Å². The van der Waals surface area contributed by atoms with E-state index in [9.17, 15) is 4.79 Å². The largest absolute Gasteiger partial charge is 0.380 e. The highest BCUT2D eigenvalue weighted by atomic mass is 79.9. The Hall–Kier alpha value is -0.840. The Morgan fingerprint density at radius 2 is 2.00 bits per heavy atom. The van der Waals surface area contributed by atoms with Gasteiger partial charge in [-0.3, -0.25) is 4.79 Å². The maximum atomic E-state index is 12.0. The molecule has 0 atom stereocenters. The zero-order valence-electron chi connectivity index (χ0n) is 10.8. The molecular weight excluding hydrogens is 282 g/mol. The molecule has 0 aromatic carbocycles. The number of rotatable bonds is 5. The van der Waals surface area contributed by atoms with Gasteiger partial charge in [0.05, 0.1) is 17.9 Å². The molecule has 0 saturated heterocycles. The zero-order chi connectivity index (χ0) is 13.0. The van der Waals surface area contributed by atoms with E-state index in [1.54, 1.807) is 6.20 Å². The molecule has 0 radical (unpaired) electrons. The van der Waals surface area contributed by atoms with Crippen LogP contribution in [0.5, 0.6) is 0 Å². The highest BCUT2D eigenvalue weighted by molar-refractivity contribution is 9.10. The van der Waals surface area contributed by atoms with Crippen LogP contribution in [-0.2, 0) is 0 Å². The van der Waals surface area contributed by atoms with Crippen molar-refractivity contribution < 1.29 is 0 Å². The summed E-state index contributed by atoms with van der Waals surface area (Å²) in [5.74, 6) is 0. The van der Waals surface area contributed by atoms with Crippen molar-refractivity contribution in [3.63, 3.8) is 0 Å². The summed E-state index contributed by atoms with van der Waals surface area (Å²) in [5.41, 5.74) is 0.691. The number of hydrogen-bond acceptors (Lipinski definition) is 3. The van der Waals surface area contributed by atoms with Gasteiger partial charge < -0.3 is 5.32 Å². The van der Waals surface area contributed by atoms with Crippen LogP contribution in [0.3, 0.4) is 0 Å². The molecule has 0 saturated carbocycles. The first-order valence-corrected chi connectivity index (χ1v) is 6.84. The number of hydrogen-bond donors (Lipinski definition) is 1. The lowest BCUT2D eigenvalue weighted by molar-refractivity contribution is 0.500. The van der Waals surface area contributed by atoms with Crippen molar-refractivity contribution in [1.29, 1.82) is 0 Å². The van der Waals surface area contributed by atoms with E-state index in [0.29, 0.717) is 10.5 Å². The summed E-state index contributed by atoms with van der Waals surface area (Å²) in [7, 11) is 0. The minimum absolute atomic E-state index is 0.0704. The lowest BCUT2D eigenvalue weighted by atomic mass is 10.1. The standard InChI is InChI=1S/C12H20BrN3O/c1-5-9(6-2)15-10-7-14-16(8(3)4)12(17)11(10)13/h7-9,15H,5-6H2,1-4H3. The summed E-state index contributed by atoms with van der Waals surface area (Å²) >= 11 is 3.35. The number of anilines is 1. The fourth-order valence-corrected chi connectivity index (χ4v) is 2.02. The second-order valence-corrected chi connectivity index (χ2v) is 5.17. The van der Waals surface area contributed by atoms with Crippen molar-refractivity contribution >= 4 is 21.6 Å². The van der Waals surface area contributed by atoms with Gasteiger partial charge in [0.1, 0.15) is 4.47 Å². The predicted molar refractivity (Wildman–Crippen MR) is 74.6 cm³/mol. The molecule has 96 valence electrons. The molecular formula is C12H20BrN3O. The van der Waals surface area contributed by atoms with E-state index >= 15 is 0 Å². The van der Waals surface area contributed by atoms with Crippen molar-refractivity contribution in [2.75, 3.05) is 5.32 Å². The molecule has 1 rings (SSSR count). The molecule has 1 heterocycles. The second kappa shape index (κ2) is 6.19. The van der Waals surface area contributed by atoms with Gasteiger partial charge in [-0.2, -0.15) is 5.10 Å². The van der Waals surface area contributed by atoms with E-state index in [2.05, 4.69) is 40.2 Å². The summed E-state index contributed by atoms with van der Waals surface area (Å²) < 4.78 is 2.04. The highest BCUT2D eigenvalue weighted by Crippen LogP contribution is 2.19. The molecule has 0 aliphatic carbocycles. The molecule has 0 aliphatic rings. The van der Waals surface area contributed by atoms with Crippen molar-refractivity contribution in [1.82, 2.24) is 9.78 Å². The smallest absolute Gasteiger partial charge is 0.283 e. The highest BCUT2D eigenvalue weighted by Gasteiger charge is 2.12. The lowest BCUT2D eigenvalue weighted by Gasteiger charge is -2.18. The summed E-state index contributed by atoms with van der Waals surface area (Å²) in [6, 6.07) is 0.448. The van der Waals surface area contributed by atoms with Gasteiger partial charge in [-0.25, -0.2) is 4.68 Å². The van der Waals surface area contributed by atoms with Gasteiger partial charge in [-0.15, -0.1) is 0 Å². The molecule has 1 aromatic heterocycles. The van der Waals surface area contributed by atoms with Gasteiger partial charge in [-0.05, 0) is 42.6 Å². The van der Waals surface area contributed by atoms with E-state index in [4.69, 9.17) is 0 Å². The van der Waals surface area contributed by atoms with Crippen LogP contribution in [0.4, 0.5) is 5.69 Å². The molecule has 0 unspecified atom stereocenters. The van der Waals surface area contributed by atoms with Crippen molar-refractivity contribution in [2.24, 2.45) is 0 Å². The fourth-order valence-electron chi connectivity index (χ4n) is 1.63. The summed E-state index contributed by atoms with van der Waals surface area (Å²) in [5, 5.41) is 7.50. The third-order valence-corrected chi connectivity index (χ3v) is 3.54. The quantitative estimate of drug-likeness (QED) is 0.908. The Morgan fingerprint density at radius 3 is 2.47 bits per heavy atom. The fraction of sp³-hybridized carbons (Fsp3) is 0.667. The third-order valence-electron chi connectivity index (χ3n) is 2.78. The zero-order valence-corrected chi connectivity index (χ0v) is 12.4. The van der Waals surface area contributed by atoms with E-state index < -0.39 is 0 Å². The average Bonchev–Trinajstić information content (AvgIpc) is 2.30. The molecule has 0 spiro atoms. The van der Waals surface area contributed by atoms with E-state index in [1.165, 1.54) is 4.68 Å². The Labute approximate surface area is 111 Å². The first-order chi connectivity index (χ1) is 8.01. The van der Waals surface area contributed by atoms with Crippen LogP contribution < -0.4 is 10.9 Å². The number of nitrogens with one attached hydrogen (secondary N) is 1. The molecule has 5 heteroatoms. The first-order valence-electron chi connectivity index (χ1n) is 6.05. The van der Waals surface area contributed by atoms with Crippen LogP contribution in [0, 0.1) is 0 Å². The SMILES string of the molecule is CCC(CC)Nc1cnn(C(C)C)c(=O)c1Br. The molecule has 0 bridgehead atoms. The topological polar surface area (TPSA) is 46.9 Å². The molecule has 4 nitrogen and oxygen atoms in total. The van der Waals surface area contributed by atoms with E-state index in [0.717, 1.165) is 18.5 Å². The van der Waals surface area contributed by atoms with Crippen LogP contribution in [-0.4, -0.2) is 15.8 Å². The van der Waals surface area contributed by atoms with Crippen molar-refractivity contribution in [3.8, 4) is 0 Å². The van der Waals surface area contributed by atoms with Crippen LogP contribution in [0.25, 0.3) is 0 Å². The molecule has 17 heavy (non-hydrogen) atoms. The Kier molecular flexibility index (Phi) is 5.18. The summed E-state index contributed by atoms with van der Waals surface area (Å²) in [6.45, 7) is 8.12. The number of halogens is 1. The first kappa shape index (κ1) is 14.2. The lowest BCUT2D eigenvalue weighted by Crippen LogP contribution is -2.27. The molecule has 1 N–H and O–H groups in total. The second-order valence-electron chi connectivity index (χ2n) is 4.37. The van der Waals surface area contributed by atoms with Crippen LogP contribution in [0.1, 0.15) is 46.6 Å². The maximum absolute atomic E-state index is 12.0. The summed E-state index contributed by atoms with van der Waals surface area (Å²) in [6.07, 6.45) is 3.76. The van der Waals surface area contributed by atoms with Crippen LogP contribution >= 0.6 is 15.9 Å². The van der Waals surface area contributed by atoms with E-state index in [-0.39, 0.29) is 11.6 Å². The minimum Gasteiger partial charge on any atom is -0.380 e. The Morgan fingerprint density at radius 1 is 1.41 bits per heavy atom. The molecule has 0 aliphatic heterocycles. The molecule has 1 aromatic rings. The van der Waals surface area contributed by atoms with Crippen molar-refractivity contribution in [3.05, 3.63) is 21.0 Å².